The Kier molecular flexibility index (Phi) is 4.23. The van der Waals surface area contributed by atoms with E-state index in [4.69, 9.17) is 9.15 Å². The Labute approximate surface area is 131 Å². The van der Waals surface area contributed by atoms with Crippen LogP contribution in [0.15, 0.2) is 46.9 Å². The van der Waals surface area contributed by atoms with Crippen LogP contribution in [0.5, 0.6) is 11.5 Å². The smallest absolute Gasteiger partial charge is 0.387 e. The molecule has 6 heteroatoms. The van der Waals surface area contributed by atoms with Crippen LogP contribution in [0.2, 0.25) is 0 Å². The molecule has 0 fully saturated rings. The summed E-state index contributed by atoms with van der Waals surface area (Å²) in [4.78, 5) is 4.30. The van der Waals surface area contributed by atoms with E-state index in [0.717, 1.165) is 5.52 Å². The van der Waals surface area contributed by atoms with Crippen molar-refractivity contribution in [3.63, 3.8) is 0 Å². The molecule has 3 rings (SSSR count). The van der Waals surface area contributed by atoms with E-state index in [9.17, 15) is 8.78 Å². The third-order valence-corrected chi connectivity index (χ3v) is 3.13. The molecule has 0 unspecified atom stereocenters. The summed E-state index contributed by atoms with van der Waals surface area (Å²) < 4.78 is 39.8. The Balaban J connectivity index is 1.86. The van der Waals surface area contributed by atoms with E-state index in [0.29, 0.717) is 17.0 Å². The van der Waals surface area contributed by atoms with E-state index < -0.39 is 6.61 Å². The summed E-state index contributed by atoms with van der Waals surface area (Å²) in [5.74, 6) is 0.643. The van der Waals surface area contributed by atoms with Crippen LogP contribution >= 0.6 is 0 Å². The zero-order chi connectivity index (χ0) is 16.2. The average molecular weight is 317 g/mol. The number of halogens is 2. The molecule has 118 valence electrons. The van der Waals surface area contributed by atoms with Crippen LogP contribution in [-0.2, 0) is 0 Å². The lowest BCUT2D eigenvalue weighted by Gasteiger charge is -2.10. The van der Waals surface area contributed by atoms with Crippen molar-refractivity contribution in [2.24, 2.45) is 0 Å². The van der Waals surface area contributed by atoms with E-state index >= 15 is 0 Å². The number of nitrogens with zero attached hydrogens (tertiary/aromatic N) is 1. The average Bonchev–Trinajstić information content (AvgIpc) is 2.95. The van der Waals surface area contributed by atoms with Gasteiger partial charge in [-0.15, -0.1) is 0 Å². The van der Waals surface area contributed by atoms with Gasteiger partial charge in [-0.05, 0) is 35.9 Å². The highest BCUT2D eigenvalue weighted by molar-refractivity contribution is 5.76. The van der Waals surface area contributed by atoms with Crippen LogP contribution in [0, 0.1) is 0 Å². The van der Waals surface area contributed by atoms with Gasteiger partial charge in [-0.1, -0.05) is 18.2 Å². The summed E-state index contributed by atoms with van der Waals surface area (Å²) in [5.41, 5.74) is 2.09. The molecule has 0 N–H and O–H groups in total. The van der Waals surface area contributed by atoms with Gasteiger partial charge >= 0.3 is 6.61 Å². The molecule has 0 aliphatic heterocycles. The topological polar surface area (TPSA) is 44.5 Å². The highest BCUT2D eigenvalue weighted by Gasteiger charge is 2.10. The Hall–Kier alpha value is -2.89. The van der Waals surface area contributed by atoms with Crippen LogP contribution < -0.4 is 9.47 Å². The van der Waals surface area contributed by atoms with Gasteiger partial charge < -0.3 is 13.9 Å². The molecular formula is C17H13F2NO3. The van der Waals surface area contributed by atoms with Crippen molar-refractivity contribution in [1.29, 1.82) is 0 Å². The van der Waals surface area contributed by atoms with E-state index in [-0.39, 0.29) is 11.5 Å². The first-order valence-corrected chi connectivity index (χ1v) is 6.82. The second-order valence-electron chi connectivity index (χ2n) is 4.64. The third-order valence-electron chi connectivity index (χ3n) is 3.13. The Bertz CT molecular complexity index is 810. The zero-order valence-corrected chi connectivity index (χ0v) is 12.2. The van der Waals surface area contributed by atoms with Gasteiger partial charge in [0.15, 0.2) is 17.1 Å². The van der Waals surface area contributed by atoms with Crippen molar-refractivity contribution < 1.29 is 22.7 Å². The van der Waals surface area contributed by atoms with Gasteiger partial charge in [0, 0.05) is 6.08 Å². The first-order valence-electron chi connectivity index (χ1n) is 6.82. The van der Waals surface area contributed by atoms with Crippen molar-refractivity contribution >= 4 is 23.3 Å². The van der Waals surface area contributed by atoms with Crippen LogP contribution in [0.1, 0.15) is 11.5 Å². The summed E-state index contributed by atoms with van der Waals surface area (Å²) in [6, 6.07) is 12.1. The number of fused-ring (bicyclic) bond motifs is 1. The lowest BCUT2D eigenvalue weighted by Crippen LogP contribution is -2.03. The second-order valence-corrected chi connectivity index (χ2v) is 4.64. The van der Waals surface area contributed by atoms with Gasteiger partial charge in [0.25, 0.3) is 0 Å². The van der Waals surface area contributed by atoms with Gasteiger partial charge in [-0.3, -0.25) is 0 Å². The highest BCUT2D eigenvalue weighted by Crippen LogP contribution is 2.30. The standard InChI is InChI=1S/C17H13F2NO3/c1-21-14-8-6-11(10-15(14)23-17(18)19)7-9-16-20-12-4-2-3-5-13(12)22-16/h2-10,17H,1H3/b9-7-. The Morgan fingerprint density at radius 3 is 2.65 bits per heavy atom. The van der Waals surface area contributed by atoms with Crippen LogP contribution in [0.4, 0.5) is 8.78 Å². The largest absolute Gasteiger partial charge is 0.493 e. The van der Waals surface area contributed by atoms with Gasteiger partial charge in [-0.25, -0.2) is 4.98 Å². The molecule has 0 saturated heterocycles. The van der Waals surface area contributed by atoms with Gasteiger partial charge in [-0.2, -0.15) is 8.78 Å². The van der Waals surface area contributed by atoms with Crippen molar-refractivity contribution in [3.05, 3.63) is 53.9 Å². The molecule has 0 saturated carbocycles. The van der Waals surface area contributed by atoms with Gasteiger partial charge in [0.05, 0.1) is 7.11 Å². The Morgan fingerprint density at radius 1 is 1.09 bits per heavy atom. The normalized spacial score (nSPS) is 11.5. The fourth-order valence-electron chi connectivity index (χ4n) is 2.11. The number of methoxy groups -OCH3 is 1. The maximum Gasteiger partial charge on any atom is 0.387 e. The molecule has 0 atom stereocenters. The van der Waals surface area contributed by atoms with E-state index in [2.05, 4.69) is 9.72 Å². The molecule has 0 radical (unpaired) electrons. The predicted octanol–water partition coefficient (Wildman–Crippen LogP) is 4.61. The van der Waals surface area contributed by atoms with Crippen molar-refractivity contribution in [2.75, 3.05) is 7.11 Å². The van der Waals surface area contributed by atoms with Crippen LogP contribution in [-0.4, -0.2) is 18.7 Å². The molecule has 0 bridgehead atoms. The second kappa shape index (κ2) is 6.48. The number of oxazole rings is 1. The zero-order valence-electron chi connectivity index (χ0n) is 12.2. The fraction of sp³-hybridized carbons (Fsp3) is 0.118. The van der Waals surface area contributed by atoms with Gasteiger partial charge in [0.2, 0.25) is 5.89 Å². The minimum absolute atomic E-state index is 0.0257. The summed E-state index contributed by atoms with van der Waals surface area (Å²) in [5, 5.41) is 0. The van der Waals surface area contributed by atoms with Crippen molar-refractivity contribution in [1.82, 2.24) is 4.98 Å². The summed E-state index contributed by atoms with van der Waals surface area (Å²) in [6.45, 7) is -2.92. The summed E-state index contributed by atoms with van der Waals surface area (Å²) >= 11 is 0. The van der Waals surface area contributed by atoms with Crippen LogP contribution in [0.25, 0.3) is 23.3 Å². The van der Waals surface area contributed by atoms with Crippen LogP contribution in [0.3, 0.4) is 0 Å². The fourth-order valence-corrected chi connectivity index (χ4v) is 2.11. The monoisotopic (exact) mass is 317 g/mol. The number of alkyl halides is 2. The number of rotatable bonds is 5. The molecule has 0 aliphatic carbocycles. The molecule has 0 aliphatic rings. The van der Waals surface area contributed by atoms with E-state index in [1.54, 1.807) is 24.3 Å². The first-order chi connectivity index (χ1) is 11.2. The van der Waals surface area contributed by atoms with E-state index in [1.165, 1.54) is 13.2 Å². The number of benzene rings is 2. The molecule has 4 nitrogen and oxygen atoms in total. The number of hydrogen-bond donors (Lipinski definition) is 0. The van der Waals surface area contributed by atoms with Crippen molar-refractivity contribution in [3.8, 4) is 11.5 Å². The number of ether oxygens (including phenoxy) is 2. The van der Waals surface area contributed by atoms with Crippen molar-refractivity contribution in [2.45, 2.75) is 6.61 Å². The number of para-hydroxylation sites is 2. The van der Waals surface area contributed by atoms with Gasteiger partial charge in [0.1, 0.15) is 5.52 Å². The van der Waals surface area contributed by atoms with E-state index in [1.807, 2.05) is 24.3 Å². The highest BCUT2D eigenvalue weighted by atomic mass is 19.3. The number of hydrogen-bond acceptors (Lipinski definition) is 4. The quantitative estimate of drug-likeness (QED) is 0.689. The summed E-state index contributed by atoms with van der Waals surface area (Å²) in [6.07, 6.45) is 3.36. The third kappa shape index (κ3) is 3.48. The maximum atomic E-state index is 12.4. The number of aromatic nitrogens is 1. The molecular weight excluding hydrogens is 304 g/mol. The molecule has 2 aromatic carbocycles. The lowest BCUT2D eigenvalue weighted by atomic mass is 10.2. The molecule has 0 spiro atoms. The molecule has 1 aromatic heterocycles. The first kappa shape index (κ1) is 15.0. The SMILES string of the molecule is COc1ccc(/C=C\c2nc3ccccc3o2)cc1OC(F)F. The maximum absolute atomic E-state index is 12.4. The Morgan fingerprint density at radius 2 is 1.91 bits per heavy atom. The molecule has 3 aromatic rings. The molecule has 23 heavy (non-hydrogen) atoms. The minimum atomic E-state index is -2.92. The minimum Gasteiger partial charge on any atom is -0.493 e. The predicted molar refractivity (Wildman–Crippen MR) is 82.6 cm³/mol. The lowest BCUT2D eigenvalue weighted by molar-refractivity contribution is -0.0512. The molecule has 1 heterocycles. The summed E-state index contributed by atoms with van der Waals surface area (Å²) in [7, 11) is 1.39. The molecule has 0 amide bonds.